The van der Waals surface area contributed by atoms with Crippen LogP contribution in [0.3, 0.4) is 0 Å². The highest BCUT2D eigenvalue weighted by Gasteiger charge is 2.15. The molecular formula is C15H24BrNO3. The molecule has 0 bridgehead atoms. The van der Waals surface area contributed by atoms with E-state index in [0.717, 1.165) is 22.2 Å². The monoisotopic (exact) mass is 345 g/mol. The Morgan fingerprint density at radius 3 is 2.55 bits per heavy atom. The summed E-state index contributed by atoms with van der Waals surface area (Å²) in [7, 11) is 1.63. The molecule has 0 aromatic heterocycles. The molecule has 1 aromatic carbocycles. The fraction of sp³-hybridized carbons (Fsp3) is 0.600. The second-order valence-electron chi connectivity index (χ2n) is 4.93. The van der Waals surface area contributed by atoms with E-state index in [0.29, 0.717) is 12.3 Å². The zero-order chi connectivity index (χ0) is 15.1. The Hall–Kier alpha value is -0.780. The van der Waals surface area contributed by atoms with Gasteiger partial charge >= 0.3 is 0 Å². The minimum absolute atomic E-state index is 0.0728. The summed E-state index contributed by atoms with van der Waals surface area (Å²) in [5.41, 5.74) is 1.01. The van der Waals surface area contributed by atoms with Crippen LogP contribution in [0.4, 0.5) is 0 Å². The minimum Gasteiger partial charge on any atom is -0.493 e. The van der Waals surface area contributed by atoms with Gasteiger partial charge in [-0.2, -0.15) is 0 Å². The van der Waals surface area contributed by atoms with E-state index in [1.807, 2.05) is 32.9 Å². The summed E-state index contributed by atoms with van der Waals surface area (Å²) in [5.74, 6) is 1.47. The van der Waals surface area contributed by atoms with Gasteiger partial charge in [0, 0.05) is 22.6 Å². The number of aliphatic hydroxyl groups is 1. The molecule has 20 heavy (non-hydrogen) atoms. The highest BCUT2D eigenvalue weighted by Crippen LogP contribution is 2.35. The van der Waals surface area contributed by atoms with Crippen LogP contribution >= 0.6 is 15.9 Å². The fourth-order valence-electron chi connectivity index (χ4n) is 1.87. The predicted molar refractivity (Wildman–Crippen MR) is 84.5 cm³/mol. The van der Waals surface area contributed by atoms with Gasteiger partial charge in [0.1, 0.15) is 0 Å². The molecule has 4 nitrogen and oxygen atoms in total. The van der Waals surface area contributed by atoms with Crippen LogP contribution < -0.4 is 14.8 Å². The molecule has 0 spiro atoms. The Morgan fingerprint density at radius 1 is 1.35 bits per heavy atom. The van der Waals surface area contributed by atoms with Gasteiger partial charge in [-0.05, 0) is 32.4 Å². The van der Waals surface area contributed by atoms with E-state index >= 15 is 0 Å². The first-order valence-corrected chi connectivity index (χ1v) is 7.68. The second-order valence-corrected chi connectivity index (χ2v) is 5.85. The second kappa shape index (κ2) is 8.49. The molecule has 0 saturated carbocycles. The Balaban J connectivity index is 2.99. The van der Waals surface area contributed by atoms with Crippen LogP contribution in [0.5, 0.6) is 11.5 Å². The highest BCUT2D eigenvalue weighted by atomic mass is 79.9. The lowest BCUT2D eigenvalue weighted by molar-refractivity contribution is 0.222. The Kier molecular flexibility index (Phi) is 7.34. The van der Waals surface area contributed by atoms with Gasteiger partial charge in [0.2, 0.25) is 0 Å². The number of nitrogens with one attached hydrogen (secondary N) is 1. The average Bonchev–Trinajstić information content (AvgIpc) is 2.41. The molecule has 0 fully saturated rings. The summed E-state index contributed by atoms with van der Waals surface area (Å²) in [6.45, 7) is 6.77. The molecule has 0 heterocycles. The number of aliphatic hydroxyl groups excluding tert-OH is 1. The molecule has 0 saturated heterocycles. The first kappa shape index (κ1) is 17.3. The summed E-state index contributed by atoms with van der Waals surface area (Å²) in [5, 5.41) is 12.6. The van der Waals surface area contributed by atoms with Crippen molar-refractivity contribution in [3.8, 4) is 11.5 Å². The van der Waals surface area contributed by atoms with Gasteiger partial charge < -0.3 is 19.9 Å². The minimum atomic E-state index is 0.0728. The average molecular weight is 346 g/mol. The Labute approximate surface area is 129 Å². The maximum absolute atomic E-state index is 9.25. The Morgan fingerprint density at radius 2 is 2.05 bits per heavy atom. The number of hydrogen-bond acceptors (Lipinski definition) is 4. The third-order valence-electron chi connectivity index (χ3n) is 2.96. The van der Waals surface area contributed by atoms with Crippen LogP contribution in [0, 0.1) is 0 Å². The zero-order valence-electron chi connectivity index (χ0n) is 12.6. The quantitative estimate of drug-likeness (QED) is 0.760. The third kappa shape index (κ3) is 4.96. The summed E-state index contributed by atoms with van der Waals surface area (Å²) in [4.78, 5) is 0. The van der Waals surface area contributed by atoms with Gasteiger partial charge in [0.25, 0.3) is 0 Å². The van der Waals surface area contributed by atoms with E-state index in [1.165, 1.54) is 0 Å². The van der Waals surface area contributed by atoms with E-state index < -0.39 is 0 Å². The van der Waals surface area contributed by atoms with Crippen LogP contribution in [-0.2, 0) is 6.54 Å². The maximum atomic E-state index is 9.25. The molecule has 1 unspecified atom stereocenters. The lowest BCUT2D eigenvalue weighted by atomic mass is 10.1. The van der Waals surface area contributed by atoms with E-state index in [4.69, 9.17) is 9.47 Å². The van der Waals surface area contributed by atoms with Crippen molar-refractivity contribution in [2.24, 2.45) is 0 Å². The molecule has 0 amide bonds. The lowest BCUT2D eigenvalue weighted by Crippen LogP contribution is -2.31. The van der Waals surface area contributed by atoms with Crippen LogP contribution in [0.1, 0.15) is 32.8 Å². The van der Waals surface area contributed by atoms with Gasteiger partial charge in [-0.3, -0.25) is 0 Å². The standard InChI is InChI=1S/C15H24BrNO3/c1-5-13(9-18)17-8-11-6-12(16)7-14(19-4)15(11)20-10(2)3/h6-7,10,13,17-18H,5,8-9H2,1-4H3. The lowest BCUT2D eigenvalue weighted by Gasteiger charge is -2.20. The van der Waals surface area contributed by atoms with E-state index in [-0.39, 0.29) is 18.8 Å². The highest BCUT2D eigenvalue weighted by molar-refractivity contribution is 9.10. The molecule has 114 valence electrons. The van der Waals surface area contributed by atoms with Crippen molar-refractivity contribution in [1.82, 2.24) is 5.32 Å². The summed E-state index contributed by atoms with van der Waals surface area (Å²) >= 11 is 3.48. The first-order valence-electron chi connectivity index (χ1n) is 6.89. The number of methoxy groups -OCH3 is 1. The molecule has 0 aliphatic heterocycles. The van der Waals surface area contributed by atoms with Gasteiger partial charge in [0.05, 0.1) is 19.8 Å². The zero-order valence-corrected chi connectivity index (χ0v) is 14.2. The number of benzene rings is 1. The molecule has 1 aromatic rings. The number of hydrogen-bond donors (Lipinski definition) is 2. The van der Waals surface area contributed by atoms with Crippen molar-refractivity contribution in [1.29, 1.82) is 0 Å². The van der Waals surface area contributed by atoms with E-state index in [2.05, 4.69) is 21.2 Å². The van der Waals surface area contributed by atoms with Crippen LogP contribution in [0.25, 0.3) is 0 Å². The van der Waals surface area contributed by atoms with Crippen molar-refractivity contribution in [2.75, 3.05) is 13.7 Å². The molecule has 1 atom stereocenters. The summed E-state index contributed by atoms with van der Waals surface area (Å²) < 4.78 is 12.2. The fourth-order valence-corrected chi connectivity index (χ4v) is 2.35. The van der Waals surface area contributed by atoms with Crippen molar-refractivity contribution in [2.45, 2.75) is 45.9 Å². The Bertz CT molecular complexity index is 420. The molecule has 0 aliphatic rings. The van der Waals surface area contributed by atoms with Crippen molar-refractivity contribution < 1.29 is 14.6 Å². The van der Waals surface area contributed by atoms with E-state index in [1.54, 1.807) is 7.11 Å². The van der Waals surface area contributed by atoms with Crippen molar-refractivity contribution in [3.05, 3.63) is 22.2 Å². The third-order valence-corrected chi connectivity index (χ3v) is 3.42. The molecule has 5 heteroatoms. The molecule has 2 N–H and O–H groups in total. The van der Waals surface area contributed by atoms with Crippen molar-refractivity contribution in [3.63, 3.8) is 0 Å². The number of rotatable bonds is 8. The molecular weight excluding hydrogens is 322 g/mol. The topological polar surface area (TPSA) is 50.7 Å². The SMILES string of the molecule is CCC(CO)NCc1cc(Br)cc(OC)c1OC(C)C. The van der Waals surface area contributed by atoms with Crippen LogP contribution in [0.2, 0.25) is 0 Å². The largest absolute Gasteiger partial charge is 0.493 e. The normalized spacial score (nSPS) is 12.6. The summed E-state index contributed by atoms with van der Waals surface area (Å²) in [6, 6.07) is 3.99. The molecule has 0 radical (unpaired) electrons. The number of halogens is 1. The van der Waals surface area contributed by atoms with Gasteiger partial charge in [-0.15, -0.1) is 0 Å². The summed E-state index contributed by atoms with van der Waals surface area (Å²) in [6.07, 6.45) is 0.950. The molecule has 1 rings (SSSR count). The predicted octanol–water partition coefficient (Wildman–Crippen LogP) is 3.11. The molecule has 0 aliphatic carbocycles. The first-order chi connectivity index (χ1) is 9.51. The van der Waals surface area contributed by atoms with Crippen LogP contribution in [0.15, 0.2) is 16.6 Å². The number of ether oxygens (including phenoxy) is 2. The van der Waals surface area contributed by atoms with E-state index in [9.17, 15) is 5.11 Å². The van der Waals surface area contributed by atoms with Gasteiger partial charge in [0.15, 0.2) is 11.5 Å². The smallest absolute Gasteiger partial charge is 0.166 e. The van der Waals surface area contributed by atoms with Gasteiger partial charge in [-0.25, -0.2) is 0 Å². The maximum Gasteiger partial charge on any atom is 0.166 e. The van der Waals surface area contributed by atoms with Gasteiger partial charge in [-0.1, -0.05) is 22.9 Å². The van der Waals surface area contributed by atoms with Crippen molar-refractivity contribution >= 4 is 15.9 Å². The van der Waals surface area contributed by atoms with Crippen LogP contribution in [-0.4, -0.2) is 31.0 Å².